The lowest BCUT2D eigenvalue weighted by Crippen LogP contribution is -2.40. The lowest BCUT2D eigenvalue weighted by atomic mass is 9.88. The SMILES string of the molecule is CC1(c2ccc(-c3ccccc3)cc2)OC(O)C=CC1=O. The molecular weight excluding hydrogens is 264 g/mol. The zero-order valence-electron chi connectivity index (χ0n) is 11.7. The number of hydrogen-bond donors (Lipinski definition) is 1. The molecule has 0 fully saturated rings. The number of rotatable bonds is 2. The van der Waals surface area contributed by atoms with Gasteiger partial charge in [0.25, 0.3) is 0 Å². The Hall–Kier alpha value is -2.23. The van der Waals surface area contributed by atoms with Crippen molar-refractivity contribution in [2.24, 2.45) is 0 Å². The highest BCUT2D eigenvalue weighted by atomic mass is 16.6. The van der Waals surface area contributed by atoms with Crippen molar-refractivity contribution in [1.82, 2.24) is 0 Å². The van der Waals surface area contributed by atoms with Crippen molar-refractivity contribution in [1.29, 1.82) is 0 Å². The van der Waals surface area contributed by atoms with Crippen LogP contribution in [0.5, 0.6) is 0 Å². The highest BCUT2D eigenvalue weighted by Gasteiger charge is 2.38. The Morgan fingerprint density at radius 3 is 2.29 bits per heavy atom. The van der Waals surface area contributed by atoms with Gasteiger partial charge in [-0.05, 0) is 35.8 Å². The van der Waals surface area contributed by atoms with Gasteiger partial charge in [-0.1, -0.05) is 54.6 Å². The van der Waals surface area contributed by atoms with Gasteiger partial charge >= 0.3 is 0 Å². The van der Waals surface area contributed by atoms with Gasteiger partial charge in [0.2, 0.25) is 0 Å². The summed E-state index contributed by atoms with van der Waals surface area (Å²) < 4.78 is 5.44. The summed E-state index contributed by atoms with van der Waals surface area (Å²) >= 11 is 0. The Morgan fingerprint density at radius 1 is 1.00 bits per heavy atom. The van der Waals surface area contributed by atoms with Crippen molar-refractivity contribution in [2.75, 3.05) is 0 Å². The van der Waals surface area contributed by atoms with E-state index in [-0.39, 0.29) is 5.78 Å². The van der Waals surface area contributed by atoms with Crippen LogP contribution in [0.2, 0.25) is 0 Å². The zero-order chi connectivity index (χ0) is 14.9. The van der Waals surface area contributed by atoms with Crippen LogP contribution in [0.3, 0.4) is 0 Å². The van der Waals surface area contributed by atoms with Gasteiger partial charge in [0.05, 0.1) is 0 Å². The van der Waals surface area contributed by atoms with Gasteiger partial charge in [0.15, 0.2) is 17.7 Å². The van der Waals surface area contributed by atoms with E-state index in [1.807, 2.05) is 54.6 Å². The first kappa shape index (κ1) is 13.7. The van der Waals surface area contributed by atoms with Crippen LogP contribution in [0.25, 0.3) is 11.1 Å². The molecule has 3 rings (SSSR count). The largest absolute Gasteiger partial charge is 0.365 e. The van der Waals surface area contributed by atoms with E-state index in [0.717, 1.165) is 16.7 Å². The average Bonchev–Trinajstić information content (AvgIpc) is 2.52. The Morgan fingerprint density at radius 2 is 1.62 bits per heavy atom. The van der Waals surface area contributed by atoms with Crippen LogP contribution in [-0.2, 0) is 15.1 Å². The third kappa shape index (κ3) is 2.53. The van der Waals surface area contributed by atoms with Gasteiger partial charge in [-0.15, -0.1) is 0 Å². The van der Waals surface area contributed by atoms with Crippen LogP contribution in [0.4, 0.5) is 0 Å². The molecule has 21 heavy (non-hydrogen) atoms. The summed E-state index contributed by atoms with van der Waals surface area (Å²) in [7, 11) is 0. The Labute approximate surface area is 123 Å². The summed E-state index contributed by atoms with van der Waals surface area (Å²) in [5.74, 6) is -0.166. The molecule has 2 unspecified atom stereocenters. The van der Waals surface area contributed by atoms with Crippen LogP contribution in [-0.4, -0.2) is 17.2 Å². The summed E-state index contributed by atoms with van der Waals surface area (Å²) in [6, 6.07) is 17.7. The summed E-state index contributed by atoms with van der Waals surface area (Å²) in [5.41, 5.74) is 1.78. The van der Waals surface area contributed by atoms with Crippen LogP contribution in [0, 0.1) is 0 Å². The average molecular weight is 280 g/mol. The first-order valence-corrected chi connectivity index (χ1v) is 6.84. The molecule has 0 saturated heterocycles. The number of aliphatic hydroxyl groups excluding tert-OH is 1. The highest BCUT2D eigenvalue weighted by Crippen LogP contribution is 2.32. The van der Waals surface area contributed by atoms with E-state index in [1.54, 1.807) is 6.92 Å². The summed E-state index contributed by atoms with van der Waals surface area (Å²) in [4.78, 5) is 12.1. The standard InChI is InChI=1S/C18H16O3/c1-18(16(19)11-12-17(20)21-18)15-9-7-14(8-10-15)13-5-3-2-4-6-13/h2-12,17,20H,1H3. The lowest BCUT2D eigenvalue weighted by Gasteiger charge is -2.32. The molecule has 2 aromatic carbocycles. The number of hydrogen-bond acceptors (Lipinski definition) is 3. The van der Waals surface area contributed by atoms with Gasteiger partial charge in [-0.3, -0.25) is 4.79 Å². The molecule has 0 bridgehead atoms. The number of carbonyl (C=O) groups excluding carboxylic acids is 1. The van der Waals surface area contributed by atoms with E-state index in [1.165, 1.54) is 12.2 Å². The van der Waals surface area contributed by atoms with Gasteiger partial charge < -0.3 is 9.84 Å². The molecule has 3 heteroatoms. The molecule has 2 atom stereocenters. The monoisotopic (exact) mass is 280 g/mol. The molecule has 0 radical (unpaired) electrons. The number of ether oxygens (including phenoxy) is 1. The van der Waals surface area contributed by atoms with Crippen LogP contribution >= 0.6 is 0 Å². The minimum Gasteiger partial charge on any atom is -0.365 e. The Kier molecular flexibility index (Phi) is 3.45. The maximum Gasteiger partial charge on any atom is 0.191 e. The molecule has 2 aromatic rings. The first-order chi connectivity index (χ1) is 10.1. The van der Waals surface area contributed by atoms with E-state index in [4.69, 9.17) is 4.74 Å². The molecule has 1 aliphatic rings. The van der Waals surface area contributed by atoms with E-state index in [2.05, 4.69) is 0 Å². The molecular formula is C18H16O3. The summed E-state index contributed by atoms with van der Waals surface area (Å²) in [6.45, 7) is 1.68. The number of ketones is 1. The third-order valence-electron chi connectivity index (χ3n) is 3.78. The fraction of sp³-hybridized carbons (Fsp3) is 0.167. The number of aliphatic hydroxyl groups is 1. The second-order valence-corrected chi connectivity index (χ2v) is 5.21. The van der Waals surface area contributed by atoms with E-state index in [0.29, 0.717) is 0 Å². The van der Waals surface area contributed by atoms with Gasteiger partial charge in [-0.2, -0.15) is 0 Å². The van der Waals surface area contributed by atoms with Crippen LogP contribution in [0.1, 0.15) is 12.5 Å². The maximum atomic E-state index is 12.1. The quantitative estimate of drug-likeness (QED) is 0.919. The maximum absolute atomic E-state index is 12.1. The van der Waals surface area contributed by atoms with Crippen molar-refractivity contribution in [3.05, 3.63) is 72.3 Å². The van der Waals surface area contributed by atoms with Crippen molar-refractivity contribution >= 4 is 5.78 Å². The Balaban J connectivity index is 1.94. The van der Waals surface area contributed by atoms with E-state index < -0.39 is 11.9 Å². The third-order valence-corrected chi connectivity index (χ3v) is 3.78. The topological polar surface area (TPSA) is 46.5 Å². The van der Waals surface area contributed by atoms with Crippen LogP contribution < -0.4 is 0 Å². The molecule has 1 heterocycles. The zero-order valence-corrected chi connectivity index (χ0v) is 11.7. The van der Waals surface area contributed by atoms with Crippen LogP contribution in [0.15, 0.2) is 66.7 Å². The number of carbonyl (C=O) groups is 1. The minimum absolute atomic E-state index is 0.166. The van der Waals surface area contributed by atoms with Gasteiger partial charge in [0, 0.05) is 0 Å². The molecule has 0 amide bonds. The summed E-state index contributed by atoms with van der Waals surface area (Å²) in [5, 5.41) is 9.60. The predicted octanol–water partition coefficient (Wildman–Crippen LogP) is 3.04. The summed E-state index contributed by atoms with van der Waals surface area (Å²) in [6.07, 6.45) is 1.67. The lowest BCUT2D eigenvalue weighted by molar-refractivity contribution is -0.177. The molecule has 1 aliphatic heterocycles. The first-order valence-electron chi connectivity index (χ1n) is 6.84. The molecule has 0 aromatic heterocycles. The van der Waals surface area contributed by atoms with E-state index >= 15 is 0 Å². The number of benzene rings is 2. The smallest absolute Gasteiger partial charge is 0.191 e. The van der Waals surface area contributed by atoms with E-state index in [9.17, 15) is 9.90 Å². The van der Waals surface area contributed by atoms with Gasteiger partial charge in [0.1, 0.15) is 0 Å². The molecule has 106 valence electrons. The predicted molar refractivity (Wildman–Crippen MR) is 80.5 cm³/mol. The van der Waals surface area contributed by atoms with Crippen molar-refractivity contribution in [3.63, 3.8) is 0 Å². The molecule has 0 saturated carbocycles. The normalized spacial score (nSPS) is 25.0. The molecule has 0 spiro atoms. The second-order valence-electron chi connectivity index (χ2n) is 5.21. The van der Waals surface area contributed by atoms with Crippen molar-refractivity contribution in [2.45, 2.75) is 18.8 Å². The fourth-order valence-electron chi connectivity index (χ4n) is 2.49. The fourth-order valence-corrected chi connectivity index (χ4v) is 2.49. The Bertz CT molecular complexity index is 673. The van der Waals surface area contributed by atoms with Crippen molar-refractivity contribution < 1.29 is 14.6 Å². The molecule has 1 N–H and O–H groups in total. The second kappa shape index (κ2) is 5.28. The van der Waals surface area contributed by atoms with Gasteiger partial charge in [-0.25, -0.2) is 0 Å². The molecule has 3 nitrogen and oxygen atoms in total. The highest BCUT2D eigenvalue weighted by molar-refractivity contribution is 5.98. The molecule has 0 aliphatic carbocycles. The minimum atomic E-state index is -1.14. The van der Waals surface area contributed by atoms with Crippen molar-refractivity contribution in [3.8, 4) is 11.1 Å².